The largest absolute Gasteiger partial charge is 0.461 e. The average Bonchev–Trinajstić information content (AvgIpc) is 2.06. The van der Waals surface area contributed by atoms with Gasteiger partial charge in [-0.15, -0.1) is 0 Å². The lowest BCUT2D eigenvalue weighted by Crippen LogP contribution is -2.13. The van der Waals surface area contributed by atoms with Crippen molar-refractivity contribution < 1.29 is 13.9 Å². The van der Waals surface area contributed by atoms with Gasteiger partial charge in [-0.05, 0) is 17.7 Å². The fraction of sp³-hybridized carbons (Fsp3) is 0.222. The number of rotatable bonds is 2. The lowest BCUT2D eigenvalue weighted by atomic mass is 9.91. The molecule has 0 aliphatic rings. The molecule has 0 radical (unpaired) electrons. The Balaban J connectivity index is 2.75. The van der Waals surface area contributed by atoms with Crippen LogP contribution in [-0.2, 0) is 16.1 Å². The molecular weight excluding hydrogens is 170 g/mol. The molecule has 4 heteroatoms. The molecule has 0 aliphatic heterocycles. The Morgan fingerprint density at radius 3 is 2.92 bits per heavy atom. The Morgan fingerprint density at radius 1 is 1.62 bits per heavy atom. The van der Waals surface area contributed by atoms with Crippen molar-refractivity contribution >= 4 is 19.3 Å². The van der Waals surface area contributed by atoms with Gasteiger partial charge in [-0.2, -0.15) is 0 Å². The minimum Gasteiger partial charge on any atom is -0.461 e. The first-order valence-corrected chi connectivity index (χ1v) is 3.98. The summed E-state index contributed by atoms with van der Waals surface area (Å²) in [5, 5.41) is 0. The van der Waals surface area contributed by atoms with Crippen LogP contribution in [0.5, 0.6) is 0 Å². The molecule has 0 saturated heterocycles. The predicted octanol–water partition coefficient (Wildman–Crippen LogP) is 0.147. The molecule has 0 aliphatic carbocycles. The van der Waals surface area contributed by atoms with Crippen LogP contribution in [-0.4, -0.2) is 13.8 Å². The van der Waals surface area contributed by atoms with E-state index in [1.54, 1.807) is 6.07 Å². The maximum absolute atomic E-state index is 12.7. The van der Waals surface area contributed by atoms with Crippen molar-refractivity contribution in [2.24, 2.45) is 0 Å². The van der Waals surface area contributed by atoms with Gasteiger partial charge in [0, 0.05) is 6.92 Å². The molecule has 0 N–H and O–H groups in total. The van der Waals surface area contributed by atoms with Crippen LogP contribution in [0.2, 0.25) is 0 Å². The van der Waals surface area contributed by atoms with E-state index in [-0.39, 0.29) is 18.4 Å². The highest BCUT2D eigenvalue weighted by atomic mass is 19.1. The summed E-state index contributed by atoms with van der Waals surface area (Å²) >= 11 is 0. The predicted molar refractivity (Wildman–Crippen MR) is 50.0 cm³/mol. The van der Waals surface area contributed by atoms with Crippen LogP contribution in [0.1, 0.15) is 12.5 Å². The Hall–Kier alpha value is -1.32. The number of esters is 1. The summed E-state index contributed by atoms with van der Waals surface area (Å²) in [7, 11) is 1.85. The van der Waals surface area contributed by atoms with Gasteiger partial charge in [0.1, 0.15) is 20.3 Å². The van der Waals surface area contributed by atoms with Crippen LogP contribution in [0.3, 0.4) is 0 Å². The molecule has 1 aromatic carbocycles. The third-order valence-electron chi connectivity index (χ3n) is 1.74. The summed E-state index contributed by atoms with van der Waals surface area (Å²) in [4.78, 5) is 10.5. The van der Waals surface area contributed by atoms with Crippen molar-refractivity contribution in [3.63, 3.8) is 0 Å². The lowest BCUT2D eigenvalue weighted by molar-refractivity contribution is -0.142. The Labute approximate surface area is 77.1 Å². The highest BCUT2D eigenvalue weighted by Gasteiger charge is 2.01. The molecule has 0 saturated carbocycles. The van der Waals surface area contributed by atoms with Gasteiger partial charge >= 0.3 is 5.97 Å². The van der Waals surface area contributed by atoms with E-state index in [0.29, 0.717) is 5.56 Å². The van der Waals surface area contributed by atoms with E-state index >= 15 is 0 Å². The van der Waals surface area contributed by atoms with Crippen molar-refractivity contribution in [3.8, 4) is 0 Å². The second-order valence-electron chi connectivity index (χ2n) is 2.85. The molecule has 68 valence electrons. The van der Waals surface area contributed by atoms with Crippen molar-refractivity contribution in [1.82, 2.24) is 0 Å². The smallest absolute Gasteiger partial charge is 0.302 e. The first-order chi connectivity index (χ1) is 6.09. The van der Waals surface area contributed by atoms with Crippen LogP contribution in [0.15, 0.2) is 18.2 Å². The standard InChI is InChI=1S/C9H10BFO2/c1-6(12)13-5-7-4-8(11)2-3-9(7)10/h2-4H,5,10H2,1H3. The molecule has 1 rings (SSSR count). The van der Waals surface area contributed by atoms with E-state index in [2.05, 4.69) is 0 Å². The number of hydrogen-bond donors (Lipinski definition) is 0. The molecule has 0 heterocycles. The molecule has 0 bridgehead atoms. The molecule has 0 spiro atoms. The fourth-order valence-electron chi connectivity index (χ4n) is 0.975. The molecule has 0 aromatic heterocycles. The monoisotopic (exact) mass is 180 g/mol. The van der Waals surface area contributed by atoms with Crippen LogP contribution in [0, 0.1) is 5.82 Å². The topological polar surface area (TPSA) is 26.3 Å². The molecule has 0 atom stereocenters. The second kappa shape index (κ2) is 4.07. The van der Waals surface area contributed by atoms with Crippen molar-refractivity contribution in [1.29, 1.82) is 0 Å². The van der Waals surface area contributed by atoms with Gasteiger partial charge < -0.3 is 4.74 Å². The number of halogens is 1. The maximum Gasteiger partial charge on any atom is 0.302 e. The number of carbonyl (C=O) groups is 1. The zero-order chi connectivity index (χ0) is 9.84. The van der Waals surface area contributed by atoms with E-state index in [0.717, 1.165) is 5.46 Å². The van der Waals surface area contributed by atoms with E-state index in [1.807, 2.05) is 7.85 Å². The van der Waals surface area contributed by atoms with E-state index in [1.165, 1.54) is 19.1 Å². The summed E-state index contributed by atoms with van der Waals surface area (Å²) in [5.74, 6) is -0.670. The molecule has 1 aromatic rings. The van der Waals surface area contributed by atoms with E-state index < -0.39 is 0 Å². The van der Waals surface area contributed by atoms with Gasteiger partial charge in [0.05, 0.1) is 0 Å². The van der Waals surface area contributed by atoms with Crippen molar-refractivity contribution in [2.45, 2.75) is 13.5 Å². The Bertz CT molecular complexity index is 325. The minimum atomic E-state index is -0.358. The first-order valence-electron chi connectivity index (χ1n) is 3.98. The van der Waals surface area contributed by atoms with Gasteiger partial charge in [-0.25, -0.2) is 4.39 Å². The Kier molecular flexibility index (Phi) is 3.06. The summed E-state index contributed by atoms with van der Waals surface area (Å²) < 4.78 is 17.5. The first kappa shape index (κ1) is 9.77. The lowest BCUT2D eigenvalue weighted by Gasteiger charge is -2.05. The van der Waals surface area contributed by atoms with Crippen LogP contribution in [0.4, 0.5) is 4.39 Å². The van der Waals surface area contributed by atoms with Crippen molar-refractivity contribution in [2.75, 3.05) is 0 Å². The van der Waals surface area contributed by atoms with Gasteiger partial charge in [0.15, 0.2) is 0 Å². The van der Waals surface area contributed by atoms with Gasteiger partial charge in [0.25, 0.3) is 0 Å². The molecule has 13 heavy (non-hydrogen) atoms. The highest BCUT2D eigenvalue weighted by molar-refractivity contribution is 6.33. The second-order valence-corrected chi connectivity index (χ2v) is 2.85. The SMILES string of the molecule is Bc1ccc(F)cc1COC(C)=O. The highest BCUT2D eigenvalue weighted by Crippen LogP contribution is 2.02. The minimum absolute atomic E-state index is 0.138. The van der Waals surface area contributed by atoms with Gasteiger partial charge in [-0.1, -0.05) is 11.5 Å². The summed E-state index contributed by atoms with van der Waals surface area (Å²) in [6, 6.07) is 4.42. The number of hydrogen-bond acceptors (Lipinski definition) is 2. The van der Waals surface area contributed by atoms with Gasteiger partial charge in [-0.3, -0.25) is 4.79 Å². The molecular formula is C9H10BFO2. The van der Waals surface area contributed by atoms with Crippen molar-refractivity contribution in [3.05, 3.63) is 29.6 Å². The zero-order valence-electron chi connectivity index (χ0n) is 7.63. The fourth-order valence-corrected chi connectivity index (χ4v) is 0.975. The third kappa shape index (κ3) is 2.90. The number of benzene rings is 1. The molecule has 0 amide bonds. The quantitative estimate of drug-likeness (QED) is 0.478. The maximum atomic E-state index is 12.7. The third-order valence-corrected chi connectivity index (χ3v) is 1.74. The normalized spacial score (nSPS) is 9.69. The molecule has 0 fully saturated rings. The summed E-state index contributed by atoms with van der Waals surface area (Å²) in [6.07, 6.45) is 0. The number of carbonyl (C=O) groups excluding carboxylic acids is 1. The van der Waals surface area contributed by atoms with E-state index in [4.69, 9.17) is 4.74 Å². The van der Waals surface area contributed by atoms with Crippen LogP contribution < -0.4 is 5.46 Å². The van der Waals surface area contributed by atoms with Crippen LogP contribution in [0.25, 0.3) is 0 Å². The summed E-state index contributed by atoms with van der Waals surface area (Å²) in [6.45, 7) is 1.47. The number of ether oxygens (including phenoxy) is 1. The van der Waals surface area contributed by atoms with E-state index in [9.17, 15) is 9.18 Å². The van der Waals surface area contributed by atoms with Gasteiger partial charge in [0.2, 0.25) is 0 Å². The molecule has 0 unspecified atom stereocenters. The zero-order valence-corrected chi connectivity index (χ0v) is 7.63. The average molecular weight is 180 g/mol. The molecule has 2 nitrogen and oxygen atoms in total. The van der Waals surface area contributed by atoms with Crippen LogP contribution >= 0.6 is 0 Å². The summed E-state index contributed by atoms with van der Waals surface area (Å²) in [5.41, 5.74) is 1.62. The Morgan fingerprint density at radius 2 is 2.31 bits per heavy atom.